The van der Waals surface area contributed by atoms with E-state index >= 15 is 0 Å². The Kier molecular flexibility index (Phi) is 2.64. The van der Waals surface area contributed by atoms with Crippen molar-refractivity contribution < 1.29 is 0 Å². The van der Waals surface area contributed by atoms with Crippen molar-refractivity contribution in [3.05, 3.63) is 35.4 Å². The first-order chi connectivity index (χ1) is 8.31. The highest BCUT2D eigenvalue weighted by atomic mass is 15.0. The second kappa shape index (κ2) is 4.16. The fourth-order valence-electron chi connectivity index (χ4n) is 2.68. The monoisotopic (exact) mass is 226 g/mol. The van der Waals surface area contributed by atoms with E-state index in [-0.39, 0.29) is 5.54 Å². The maximum absolute atomic E-state index is 9.49. The SMILES string of the molecule is N#CC1(NCC2CC2)CCc2ccccc2C1. The molecule has 1 fully saturated rings. The van der Waals surface area contributed by atoms with E-state index in [0.717, 1.165) is 31.7 Å². The van der Waals surface area contributed by atoms with Crippen LogP contribution in [0.25, 0.3) is 0 Å². The van der Waals surface area contributed by atoms with Gasteiger partial charge in [-0.3, -0.25) is 5.32 Å². The molecule has 88 valence electrons. The van der Waals surface area contributed by atoms with Crippen LogP contribution in [0.4, 0.5) is 0 Å². The molecule has 0 bridgehead atoms. The van der Waals surface area contributed by atoms with Gasteiger partial charge in [-0.05, 0) is 49.3 Å². The molecule has 1 aromatic carbocycles. The van der Waals surface area contributed by atoms with E-state index in [9.17, 15) is 5.26 Å². The summed E-state index contributed by atoms with van der Waals surface area (Å²) in [6.07, 6.45) is 5.53. The fraction of sp³-hybridized carbons (Fsp3) is 0.533. The van der Waals surface area contributed by atoms with E-state index in [2.05, 4.69) is 35.7 Å². The van der Waals surface area contributed by atoms with E-state index in [4.69, 9.17) is 0 Å². The standard InChI is InChI=1S/C15H18N2/c16-11-15(17-10-12-5-6-12)8-7-13-3-1-2-4-14(13)9-15/h1-4,12,17H,5-10H2. The molecule has 0 amide bonds. The van der Waals surface area contributed by atoms with Gasteiger partial charge in [-0.1, -0.05) is 24.3 Å². The Hall–Kier alpha value is -1.33. The number of benzene rings is 1. The molecule has 0 heterocycles. The minimum Gasteiger partial charge on any atom is -0.299 e. The van der Waals surface area contributed by atoms with Gasteiger partial charge in [-0.2, -0.15) is 5.26 Å². The molecule has 0 spiro atoms. The highest BCUT2D eigenvalue weighted by Crippen LogP contribution is 2.32. The van der Waals surface area contributed by atoms with Crippen molar-refractivity contribution in [2.24, 2.45) is 5.92 Å². The molecule has 17 heavy (non-hydrogen) atoms. The Labute approximate surface area is 103 Å². The van der Waals surface area contributed by atoms with Gasteiger partial charge in [0.1, 0.15) is 5.54 Å². The number of fused-ring (bicyclic) bond motifs is 1. The van der Waals surface area contributed by atoms with Crippen molar-refractivity contribution in [1.82, 2.24) is 5.32 Å². The lowest BCUT2D eigenvalue weighted by molar-refractivity contribution is 0.360. The quantitative estimate of drug-likeness (QED) is 0.859. The van der Waals surface area contributed by atoms with Crippen LogP contribution in [0.15, 0.2) is 24.3 Å². The summed E-state index contributed by atoms with van der Waals surface area (Å²) in [7, 11) is 0. The van der Waals surface area contributed by atoms with Gasteiger partial charge in [0, 0.05) is 6.42 Å². The van der Waals surface area contributed by atoms with E-state index in [1.165, 1.54) is 24.0 Å². The van der Waals surface area contributed by atoms with Crippen LogP contribution in [0.5, 0.6) is 0 Å². The number of nitriles is 1. The van der Waals surface area contributed by atoms with Gasteiger partial charge in [0.25, 0.3) is 0 Å². The van der Waals surface area contributed by atoms with Crippen LogP contribution >= 0.6 is 0 Å². The molecule has 0 saturated heterocycles. The lowest BCUT2D eigenvalue weighted by atomic mass is 9.79. The first kappa shape index (κ1) is 10.8. The van der Waals surface area contributed by atoms with Crippen molar-refractivity contribution in [3.8, 4) is 6.07 Å². The summed E-state index contributed by atoms with van der Waals surface area (Å²) >= 11 is 0. The largest absolute Gasteiger partial charge is 0.299 e. The summed E-state index contributed by atoms with van der Waals surface area (Å²) in [6, 6.07) is 11.1. The number of rotatable bonds is 3. The maximum atomic E-state index is 9.49. The Bertz CT molecular complexity index is 456. The lowest BCUT2D eigenvalue weighted by Gasteiger charge is -2.33. The van der Waals surface area contributed by atoms with Gasteiger partial charge < -0.3 is 0 Å². The molecular formula is C15H18N2. The molecule has 3 rings (SSSR count). The highest BCUT2D eigenvalue weighted by Gasteiger charge is 2.35. The van der Waals surface area contributed by atoms with Gasteiger partial charge in [0.2, 0.25) is 0 Å². The zero-order chi connectivity index (χ0) is 11.7. The van der Waals surface area contributed by atoms with Crippen LogP contribution in [0.2, 0.25) is 0 Å². The first-order valence-electron chi connectivity index (χ1n) is 6.54. The molecule has 2 aliphatic rings. The van der Waals surface area contributed by atoms with Crippen molar-refractivity contribution in [2.45, 2.75) is 37.6 Å². The van der Waals surface area contributed by atoms with Crippen molar-refractivity contribution in [1.29, 1.82) is 5.26 Å². The normalized spacial score (nSPS) is 27.2. The average molecular weight is 226 g/mol. The molecule has 1 saturated carbocycles. The zero-order valence-corrected chi connectivity index (χ0v) is 10.1. The predicted molar refractivity (Wildman–Crippen MR) is 67.5 cm³/mol. The molecule has 0 radical (unpaired) electrons. The van der Waals surface area contributed by atoms with Gasteiger partial charge >= 0.3 is 0 Å². The van der Waals surface area contributed by atoms with Gasteiger partial charge in [0.05, 0.1) is 6.07 Å². The van der Waals surface area contributed by atoms with Crippen LogP contribution in [0, 0.1) is 17.2 Å². The Balaban J connectivity index is 1.76. The third kappa shape index (κ3) is 2.21. The topological polar surface area (TPSA) is 35.8 Å². The molecule has 2 aliphatic carbocycles. The highest BCUT2D eigenvalue weighted by molar-refractivity contribution is 5.34. The van der Waals surface area contributed by atoms with Gasteiger partial charge in [-0.15, -0.1) is 0 Å². The van der Waals surface area contributed by atoms with Crippen molar-refractivity contribution >= 4 is 0 Å². The molecule has 0 aromatic heterocycles. The average Bonchev–Trinajstić information content (AvgIpc) is 3.20. The lowest BCUT2D eigenvalue weighted by Crippen LogP contribution is -2.49. The molecular weight excluding hydrogens is 208 g/mol. The summed E-state index contributed by atoms with van der Waals surface area (Å²) in [6.45, 7) is 1.02. The molecule has 1 atom stereocenters. The molecule has 2 heteroatoms. The smallest absolute Gasteiger partial charge is 0.111 e. The molecule has 1 unspecified atom stereocenters. The second-order valence-electron chi connectivity index (χ2n) is 5.46. The molecule has 1 aromatic rings. The van der Waals surface area contributed by atoms with Crippen LogP contribution < -0.4 is 5.32 Å². The maximum Gasteiger partial charge on any atom is 0.111 e. The zero-order valence-electron chi connectivity index (χ0n) is 10.1. The minimum absolute atomic E-state index is 0.309. The van der Waals surface area contributed by atoms with E-state index < -0.39 is 0 Å². The number of nitrogens with zero attached hydrogens (tertiary/aromatic N) is 1. The Morgan fingerprint density at radius 3 is 2.76 bits per heavy atom. The van der Waals surface area contributed by atoms with E-state index in [1.54, 1.807) is 0 Å². The number of nitrogens with one attached hydrogen (secondary N) is 1. The Morgan fingerprint density at radius 2 is 2.06 bits per heavy atom. The van der Waals surface area contributed by atoms with Gasteiger partial charge in [-0.25, -0.2) is 0 Å². The van der Waals surface area contributed by atoms with E-state index in [1.807, 2.05) is 0 Å². The third-order valence-corrected chi connectivity index (χ3v) is 4.07. The summed E-state index contributed by atoms with van der Waals surface area (Å²) < 4.78 is 0. The van der Waals surface area contributed by atoms with Crippen molar-refractivity contribution in [3.63, 3.8) is 0 Å². The molecule has 0 aliphatic heterocycles. The summed E-state index contributed by atoms with van der Waals surface area (Å²) in [5.74, 6) is 0.831. The second-order valence-corrected chi connectivity index (χ2v) is 5.46. The minimum atomic E-state index is -0.309. The molecule has 2 nitrogen and oxygen atoms in total. The Morgan fingerprint density at radius 1 is 1.29 bits per heavy atom. The van der Waals surface area contributed by atoms with Crippen LogP contribution in [-0.2, 0) is 12.8 Å². The summed E-state index contributed by atoms with van der Waals surface area (Å²) in [4.78, 5) is 0. The first-order valence-corrected chi connectivity index (χ1v) is 6.54. The van der Waals surface area contributed by atoms with E-state index in [0.29, 0.717) is 0 Å². The van der Waals surface area contributed by atoms with Gasteiger partial charge in [0.15, 0.2) is 0 Å². The van der Waals surface area contributed by atoms with Crippen molar-refractivity contribution in [2.75, 3.05) is 6.54 Å². The summed E-state index contributed by atoms with van der Waals surface area (Å²) in [5, 5.41) is 13.0. The summed E-state index contributed by atoms with van der Waals surface area (Å²) in [5.41, 5.74) is 2.46. The van der Waals surface area contributed by atoms with Crippen LogP contribution in [-0.4, -0.2) is 12.1 Å². The third-order valence-electron chi connectivity index (χ3n) is 4.07. The predicted octanol–water partition coefficient (Wildman–Crippen LogP) is 2.44. The van der Waals surface area contributed by atoms with Crippen LogP contribution in [0.3, 0.4) is 0 Å². The van der Waals surface area contributed by atoms with Crippen LogP contribution in [0.1, 0.15) is 30.4 Å². The number of aryl methyl sites for hydroxylation is 1. The number of hydrogen-bond acceptors (Lipinski definition) is 2. The molecule has 1 N–H and O–H groups in total. The number of hydrogen-bond donors (Lipinski definition) is 1. The fourth-order valence-corrected chi connectivity index (χ4v) is 2.68.